The third-order valence-corrected chi connectivity index (χ3v) is 5.25. The van der Waals surface area contributed by atoms with Crippen molar-refractivity contribution in [1.29, 1.82) is 0 Å². The molecule has 1 aliphatic heterocycles. The SMILES string of the molecule is CCCCN1CCC(NC(=NCc2cn3c(C)cccc3n2)NCC)CC1. The number of hydrogen-bond donors (Lipinski definition) is 2. The van der Waals surface area contributed by atoms with Crippen LogP contribution in [0.4, 0.5) is 0 Å². The Hall–Kier alpha value is -2.08. The van der Waals surface area contributed by atoms with E-state index in [-0.39, 0.29) is 0 Å². The second kappa shape index (κ2) is 9.74. The summed E-state index contributed by atoms with van der Waals surface area (Å²) in [6.45, 7) is 11.5. The number of nitrogens with zero attached hydrogens (tertiary/aromatic N) is 4. The van der Waals surface area contributed by atoms with E-state index in [9.17, 15) is 0 Å². The number of aryl methyl sites for hydroxylation is 1. The average molecular weight is 371 g/mol. The van der Waals surface area contributed by atoms with E-state index in [0.717, 1.165) is 23.8 Å². The van der Waals surface area contributed by atoms with Crippen molar-refractivity contribution in [2.45, 2.75) is 59.0 Å². The van der Waals surface area contributed by atoms with E-state index in [1.54, 1.807) is 0 Å². The third-order valence-electron chi connectivity index (χ3n) is 5.25. The molecule has 3 heterocycles. The molecular formula is C21H34N6. The van der Waals surface area contributed by atoms with Gasteiger partial charge in [0, 0.05) is 37.6 Å². The predicted molar refractivity (Wildman–Crippen MR) is 112 cm³/mol. The molecule has 1 aliphatic rings. The van der Waals surface area contributed by atoms with Crippen LogP contribution in [0.2, 0.25) is 0 Å². The largest absolute Gasteiger partial charge is 0.357 e. The molecule has 2 aromatic heterocycles. The molecule has 1 saturated heterocycles. The number of hydrogen-bond acceptors (Lipinski definition) is 3. The number of fused-ring (bicyclic) bond motifs is 1. The molecule has 148 valence electrons. The topological polar surface area (TPSA) is 57.0 Å². The molecule has 0 aliphatic carbocycles. The van der Waals surface area contributed by atoms with Gasteiger partial charge in [0.2, 0.25) is 0 Å². The molecule has 27 heavy (non-hydrogen) atoms. The lowest BCUT2D eigenvalue weighted by Crippen LogP contribution is -2.48. The van der Waals surface area contributed by atoms with E-state index in [2.05, 4.69) is 58.0 Å². The van der Waals surface area contributed by atoms with Gasteiger partial charge in [0.1, 0.15) is 5.65 Å². The first-order chi connectivity index (χ1) is 13.2. The van der Waals surface area contributed by atoms with Crippen molar-refractivity contribution in [1.82, 2.24) is 24.9 Å². The standard InChI is InChI=1S/C21H34N6/c1-4-6-12-26-13-10-18(11-14-26)25-21(22-5-2)23-15-19-16-27-17(3)8-7-9-20(27)24-19/h7-9,16,18H,4-6,10-15H2,1-3H3,(H2,22,23,25). The Bertz CT molecular complexity index is 742. The molecule has 0 amide bonds. The van der Waals surface area contributed by atoms with Crippen LogP contribution in [0.1, 0.15) is 50.9 Å². The van der Waals surface area contributed by atoms with E-state index >= 15 is 0 Å². The van der Waals surface area contributed by atoms with Gasteiger partial charge in [-0.1, -0.05) is 19.4 Å². The minimum Gasteiger partial charge on any atom is -0.357 e. The smallest absolute Gasteiger partial charge is 0.191 e. The molecule has 0 bridgehead atoms. The van der Waals surface area contributed by atoms with Crippen molar-refractivity contribution >= 4 is 11.6 Å². The number of piperidine rings is 1. The first kappa shape index (κ1) is 19.7. The molecule has 6 heteroatoms. The Labute approximate surface area is 163 Å². The lowest BCUT2D eigenvalue weighted by Gasteiger charge is -2.33. The number of aliphatic imine (C=N–C) groups is 1. The molecule has 0 aromatic carbocycles. The number of nitrogens with one attached hydrogen (secondary N) is 2. The number of rotatable bonds is 7. The number of pyridine rings is 1. The zero-order valence-corrected chi connectivity index (χ0v) is 17.0. The van der Waals surface area contributed by atoms with E-state index in [1.807, 2.05) is 12.1 Å². The monoisotopic (exact) mass is 370 g/mol. The van der Waals surface area contributed by atoms with Crippen molar-refractivity contribution in [2.75, 3.05) is 26.2 Å². The summed E-state index contributed by atoms with van der Waals surface area (Å²) in [5, 5.41) is 7.01. The molecule has 0 atom stereocenters. The van der Waals surface area contributed by atoms with Gasteiger partial charge >= 0.3 is 0 Å². The average Bonchev–Trinajstić information content (AvgIpc) is 3.10. The number of likely N-dealkylation sites (tertiary alicyclic amines) is 1. The zero-order chi connectivity index (χ0) is 19.1. The zero-order valence-electron chi connectivity index (χ0n) is 17.0. The van der Waals surface area contributed by atoms with E-state index < -0.39 is 0 Å². The Balaban J connectivity index is 1.57. The van der Waals surface area contributed by atoms with Crippen molar-refractivity contribution in [3.05, 3.63) is 35.8 Å². The number of guanidine groups is 1. The molecule has 2 aromatic rings. The summed E-state index contributed by atoms with van der Waals surface area (Å²) >= 11 is 0. The van der Waals surface area contributed by atoms with Crippen LogP contribution in [0.25, 0.3) is 5.65 Å². The van der Waals surface area contributed by atoms with Gasteiger partial charge in [0.15, 0.2) is 5.96 Å². The summed E-state index contributed by atoms with van der Waals surface area (Å²) < 4.78 is 2.12. The highest BCUT2D eigenvalue weighted by molar-refractivity contribution is 5.80. The van der Waals surface area contributed by atoms with Gasteiger partial charge in [-0.3, -0.25) is 0 Å². The fourth-order valence-electron chi connectivity index (χ4n) is 3.63. The summed E-state index contributed by atoms with van der Waals surface area (Å²) in [4.78, 5) is 12.0. The van der Waals surface area contributed by atoms with Crippen molar-refractivity contribution in [3.63, 3.8) is 0 Å². The molecule has 2 N–H and O–H groups in total. The minimum atomic E-state index is 0.504. The van der Waals surface area contributed by atoms with Gasteiger partial charge in [-0.25, -0.2) is 9.98 Å². The number of aromatic nitrogens is 2. The fraction of sp³-hybridized carbons (Fsp3) is 0.619. The summed E-state index contributed by atoms with van der Waals surface area (Å²) in [7, 11) is 0. The van der Waals surface area contributed by atoms with Crippen LogP contribution >= 0.6 is 0 Å². The first-order valence-corrected chi connectivity index (χ1v) is 10.4. The Morgan fingerprint density at radius 3 is 2.78 bits per heavy atom. The van der Waals surface area contributed by atoms with E-state index in [0.29, 0.717) is 12.6 Å². The summed E-state index contributed by atoms with van der Waals surface area (Å²) in [5.41, 5.74) is 3.17. The normalized spacial score (nSPS) is 16.8. The fourth-order valence-corrected chi connectivity index (χ4v) is 3.63. The van der Waals surface area contributed by atoms with Crippen LogP contribution < -0.4 is 10.6 Å². The van der Waals surface area contributed by atoms with Crippen LogP contribution in [0.3, 0.4) is 0 Å². The van der Waals surface area contributed by atoms with Gasteiger partial charge < -0.3 is 19.9 Å². The van der Waals surface area contributed by atoms with Gasteiger partial charge in [0.05, 0.1) is 12.2 Å². The molecule has 0 radical (unpaired) electrons. The molecular weight excluding hydrogens is 336 g/mol. The van der Waals surface area contributed by atoms with Gasteiger partial charge in [-0.05, 0) is 51.8 Å². The van der Waals surface area contributed by atoms with Crippen LogP contribution in [-0.4, -0.2) is 52.5 Å². The van der Waals surface area contributed by atoms with Gasteiger partial charge in [-0.2, -0.15) is 0 Å². The first-order valence-electron chi connectivity index (χ1n) is 10.4. The molecule has 3 rings (SSSR count). The molecule has 6 nitrogen and oxygen atoms in total. The Kier molecular flexibility index (Phi) is 7.10. The maximum Gasteiger partial charge on any atom is 0.191 e. The summed E-state index contributed by atoms with van der Waals surface area (Å²) in [6, 6.07) is 6.68. The van der Waals surface area contributed by atoms with Crippen LogP contribution in [0.5, 0.6) is 0 Å². The van der Waals surface area contributed by atoms with Crippen molar-refractivity contribution in [3.8, 4) is 0 Å². The van der Waals surface area contributed by atoms with Crippen LogP contribution in [-0.2, 0) is 6.54 Å². The maximum absolute atomic E-state index is 4.78. The highest BCUT2D eigenvalue weighted by atomic mass is 15.2. The Morgan fingerprint density at radius 1 is 1.26 bits per heavy atom. The second-order valence-electron chi connectivity index (χ2n) is 7.44. The quantitative estimate of drug-likeness (QED) is 0.581. The highest BCUT2D eigenvalue weighted by Gasteiger charge is 2.19. The lowest BCUT2D eigenvalue weighted by molar-refractivity contribution is 0.203. The number of imidazole rings is 1. The number of unbranched alkanes of at least 4 members (excludes halogenated alkanes) is 1. The van der Waals surface area contributed by atoms with Gasteiger partial charge in [-0.15, -0.1) is 0 Å². The molecule has 1 fully saturated rings. The van der Waals surface area contributed by atoms with Crippen LogP contribution in [0, 0.1) is 6.92 Å². The third kappa shape index (κ3) is 5.45. The summed E-state index contributed by atoms with van der Waals surface area (Å²) in [6.07, 6.45) is 7.03. The van der Waals surface area contributed by atoms with E-state index in [4.69, 9.17) is 4.99 Å². The second-order valence-corrected chi connectivity index (χ2v) is 7.44. The van der Waals surface area contributed by atoms with Gasteiger partial charge in [0.25, 0.3) is 0 Å². The molecule has 0 saturated carbocycles. The molecule has 0 unspecified atom stereocenters. The molecule has 0 spiro atoms. The van der Waals surface area contributed by atoms with Crippen molar-refractivity contribution < 1.29 is 0 Å². The van der Waals surface area contributed by atoms with Crippen molar-refractivity contribution in [2.24, 2.45) is 4.99 Å². The summed E-state index contributed by atoms with van der Waals surface area (Å²) in [5.74, 6) is 0.901. The lowest BCUT2D eigenvalue weighted by atomic mass is 10.0. The Morgan fingerprint density at radius 2 is 2.07 bits per heavy atom. The minimum absolute atomic E-state index is 0.504. The highest BCUT2D eigenvalue weighted by Crippen LogP contribution is 2.12. The maximum atomic E-state index is 4.78. The van der Waals surface area contributed by atoms with E-state index in [1.165, 1.54) is 51.0 Å². The van der Waals surface area contributed by atoms with Crippen LogP contribution in [0.15, 0.2) is 29.4 Å². The predicted octanol–water partition coefficient (Wildman–Crippen LogP) is 2.96.